The number of aryl methyl sites for hydroxylation is 1. The number of anilines is 1. The van der Waals surface area contributed by atoms with Gasteiger partial charge < -0.3 is 4.90 Å². The highest BCUT2D eigenvalue weighted by molar-refractivity contribution is 6.29. The van der Waals surface area contributed by atoms with Crippen LogP contribution in [-0.2, 0) is 0 Å². The third kappa shape index (κ3) is 2.84. The summed E-state index contributed by atoms with van der Waals surface area (Å²) >= 11 is 5.87. The van der Waals surface area contributed by atoms with Crippen LogP contribution in [0.4, 0.5) is 5.95 Å². The molecule has 0 aliphatic carbocycles. The molecule has 1 aromatic heterocycles. The first-order valence-corrected chi connectivity index (χ1v) is 5.31. The summed E-state index contributed by atoms with van der Waals surface area (Å²) in [5.41, 5.74) is 0.912. The van der Waals surface area contributed by atoms with Crippen LogP contribution in [0.15, 0.2) is 6.07 Å². The molecule has 0 bridgehead atoms. The number of rotatable bonds is 4. The molecule has 0 saturated carbocycles. The maximum atomic E-state index is 5.87. The summed E-state index contributed by atoms with van der Waals surface area (Å²) in [6.07, 6.45) is 1.09. The first-order chi connectivity index (χ1) is 6.67. The van der Waals surface area contributed by atoms with E-state index in [4.69, 9.17) is 11.6 Å². The van der Waals surface area contributed by atoms with Gasteiger partial charge in [-0.15, -0.1) is 0 Å². The highest BCUT2D eigenvalue weighted by atomic mass is 35.5. The van der Waals surface area contributed by atoms with E-state index in [-0.39, 0.29) is 0 Å². The van der Waals surface area contributed by atoms with Crippen molar-refractivity contribution in [2.24, 2.45) is 0 Å². The lowest BCUT2D eigenvalue weighted by atomic mass is 10.4. The summed E-state index contributed by atoms with van der Waals surface area (Å²) in [5, 5.41) is 0.516. The molecule has 4 heteroatoms. The minimum Gasteiger partial charge on any atom is -0.341 e. The Hall–Kier alpha value is -0.830. The summed E-state index contributed by atoms with van der Waals surface area (Å²) in [4.78, 5) is 10.7. The van der Waals surface area contributed by atoms with Crippen molar-refractivity contribution in [3.05, 3.63) is 16.9 Å². The smallest absolute Gasteiger partial charge is 0.226 e. The van der Waals surface area contributed by atoms with Gasteiger partial charge in [0.2, 0.25) is 5.95 Å². The largest absolute Gasteiger partial charge is 0.341 e. The summed E-state index contributed by atoms with van der Waals surface area (Å²) in [5.74, 6) is 0.736. The second-order valence-electron chi connectivity index (χ2n) is 3.21. The quantitative estimate of drug-likeness (QED) is 0.721. The van der Waals surface area contributed by atoms with Gasteiger partial charge in [0.1, 0.15) is 5.15 Å². The van der Waals surface area contributed by atoms with Crippen LogP contribution >= 0.6 is 11.6 Å². The molecular formula is C10H16ClN3. The van der Waals surface area contributed by atoms with Crippen molar-refractivity contribution < 1.29 is 0 Å². The van der Waals surface area contributed by atoms with E-state index in [0.717, 1.165) is 31.2 Å². The van der Waals surface area contributed by atoms with Gasteiger partial charge in [0.05, 0.1) is 0 Å². The Morgan fingerprint density at radius 2 is 2.07 bits per heavy atom. The van der Waals surface area contributed by atoms with Crippen LogP contribution < -0.4 is 4.90 Å². The van der Waals surface area contributed by atoms with Crippen molar-refractivity contribution in [1.82, 2.24) is 9.97 Å². The number of nitrogens with zero attached hydrogens (tertiary/aromatic N) is 3. The lowest BCUT2D eigenvalue weighted by Gasteiger charge is -2.20. The second kappa shape index (κ2) is 5.15. The molecule has 0 atom stereocenters. The Bertz CT molecular complexity index is 281. The molecule has 0 aliphatic rings. The average molecular weight is 214 g/mol. The van der Waals surface area contributed by atoms with E-state index in [9.17, 15) is 0 Å². The summed E-state index contributed by atoms with van der Waals surface area (Å²) in [6, 6.07) is 1.77. The first kappa shape index (κ1) is 11.2. The molecule has 1 heterocycles. The molecule has 0 aromatic carbocycles. The van der Waals surface area contributed by atoms with Gasteiger partial charge in [-0.05, 0) is 26.3 Å². The molecule has 3 nitrogen and oxygen atoms in total. The van der Waals surface area contributed by atoms with Crippen LogP contribution in [-0.4, -0.2) is 23.1 Å². The maximum absolute atomic E-state index is 5.87. The Morgan fingerprint density at radius 3 is 2.57 bits per heavy atom. The van der Waals surface area contributed by atoms with Crippen LogP contribution in [0.3, 0.4) is 0 Å². The minimum absolute atomic E-state index is 0.516. The van der Waals surface area contributed by atoms with Gasteiger partial charge in [0.15, 0.2) is 0 Å². The van der Waals surface area contributed by atoms with Gasteiger partial charge in [-0.1, -0.05) is 18.5 Å². The fourth-order valence-electron chi connectivity index (χ4n) is 1.33. The van der Waals surface area contributed by atoms with Crippen LogP contribution in [0.2, 0.25) is 5.15 Å². The van der Waals surface area contributed by atoms with Gasteiger partial charge in [-0.3, -0.25) is 0 Å². The van der Waals surface area contributed by atoms with E-state index < -0.39 is 0 Å². The Balaban J connectivity index is 2.91. The van der Waals surface area contributed by atoms with E-state index in [2.05, 4.69) is 28.7 Å². The summed E-state index contributed by atoms with van der Waals surface area (Å²) < 4.78 is 0. The Labute approximate surface area is 90.1 Å². The van der Waals surface area contributed by atoms with Crippen LogP contribution in [0.5, 0.6) is 0 Å². The SMILES string of the molecule is CCCN(CC)c1nc(C)cc(Cl)n1. The average Bonchev–Trinajstić information content (AvgIpc) is 2.12. The third-order valence-electron chi connectivity index (χ3n) is 1.97. The zero-order valence-electron chi connectivity index (χ0n) is 8.92. The molecule has 14 heavy (non-hydrogen) atoms. The van der Waals surface area contributed by atoms with E-state index in [1.807, 2.05) is 6.92 Å². The summed E-state index contributed by atoms with van der Waals surface area (Å²) in [7, 11) is 0. The molecule has 0 N–H and O–H groups in total. The lowest BCUT2D eigenvalue weighted by molar-refractivity contribution is 0.759. The van der Waals surface area contributed by atoms with Gasteiger partial charge >= 0.3 is 0 Å². The number of hydrogen-bond donors (Lipinski definition) is 0. The first-order valence-electron chi connectivity index (χ1n) is 4.93. The zero-order chi connectivity index (χ0) is 10.6. The van der Waals surface area contributed by atoms with Crippen molar-refractivity contribution in [3.8, 4) is 0 Å². The van der Waals surface area contributed by atoms with Gasteiger partial charge in [0.25, 0.3) is 0 Å². The molecule has 0 unspecified atom stereocenters. The predicted molar refractivity (Wildman–Crippen MR) is 60.0 cm³/mol. The molecule has 0 fully saturated rings. The van der Waals surface area contributed by atoms with Gasteiger partial charge in [0, 0.05) is 18.8 Å². The molecule has 0 saturated heterocycles. The fourth-order valence-corrected chi connectivity index (χ4v) is 1.56. The predicted octanol–water partition coefficient (Wildman–Crippen LogP) is 2.67. The van der Waals surface area contributed by atoms with Crippen LogP contribution in [0, 0.1) is 6.92 Å². The maximum Gasteiger partial charge on any atom is 0.226 e. The molecule has 78 valence electrons. The van der Waals surface area contributed by atoms with Crippen molar-refractivity contribution in [1.29, 1.82) is 0 Å². The number of hydrogen-bond acceptors (Lipinski definition) is 3. The highest BCUT2D eigenvalue weighted by Crippen LogP contribution is 2.13. The van der Waals surface area contributed by atoms with Crippen molar-refractivity contribution in [2.75, 3.05) is 18.0 Å². The third-order valence-corrected chi connectivity index (χ3v) is 2.16. The normalized spacial score (nSPS) is 10.3. The van der Waals surface area contributed by atoms with Gasteiger partial charge in [-0.2, -0.15) is 0 Å². The standard InChI is InChI=1S/C10H16ClN3/c1-4-6-14(5-2)10-12-8(3)7-9(11)13-10/h7H,4-6H2,1-3H3. The van der Waals surface area contributed by atoms with E-state index in [1.165, 1.54) is 0 Å². The lowest BCUT2D eigenvalue weighted by Crippen LogP contribution is -2.25. The van der Waals surface area contributed by atoms with Gasteiger partial charge in [-0.25, -0.2) is 9.97 Å². The topological polar surface area (TPSA) is 29.0 Å². The van der Waals surface area contributed by atoms with Crippen LogP contribution in [0.1, 0.15) is 26.0 Å². The molecule has 0 aliphatic heterocycles. The Morgan fingerprint density at radius 1 is 1.36 bits per heavy atom. The monoisotopic (exact) mass is 213 g/mol. The molecule has 0 spiro atoms. The Kier molecular flexibility index (Phi) is 4.14. The van der Waals surface area contributed by atoms with Crippen molar-refractivity contribution in [3.63, 3.8) is 0 Å². The molecular weight excluding hydrogens is 198 g/mol. The van der Waals surface area contributed by atoms with E-state index in [1.54, 1.807) is 6.07 Å². The zero-order valence-corrected chi connectivity index (χ0v) is 9.67. The molecule has 0 radical (unpaired) electrons. The number of halogens is 1. The molecule has 0 amide bonds. The minimum atomic E-state index is 0.516. The van der Waals surface area contributed by atoms with Crippen molar-refractivity contribution >= 4 is 17.5 Å². The highest BCUT2D eigenvalue weighted by Gasteiger charge is 2.07. The molecule has 1 rings (SSSR count). The van der Waals surface area contributed by atoms with E-state index in [0.29, 0.717) is 5.15 Å². The second-order valence-corrected chi connectivity index (χ2v) is 3.60. The van der Waals surface area contributed by atoms with Crippen molar-refractivity contribution in [2.45, 2.75) is 27.2 Å². The van der Waals surface area contributed by atoms with E-state index >= 15 is 0 Å². The number of aromatic nitrogens is 2. The summed E-state index contributed by atoms with van der Waals surface area (Å²) in [6.45, 7) is 8.04. The van der Waals surface area contributed by atoms with Crippen LogP contribution in [0.25, 0.3) is 0 Å². The molecule has 1 aromatic rings. The fraction of sp³-hybridized carbons (Fsp3) is 0.600.